The van der Waals surface area contributed by atoms with Crippen LogP contribution in [0.1, 0.15) is 5.69 Å². The molecule has 0 bridgehead atoms. The van der Waals surface area contributed by atoms with Crippen LogP contribution in [0.2, 0.25) is 0 Å². The van der Waals surface area contributed by atoms with Crippen LogP contribution in [0.15, 0.2) is 48.7 Å². The summed E-state index contributed by atoms with van der Waals surface area (Å²) >= 11 is 0. The molecule has 1 atom stereocenters. The quantitative estimate of drug-likeness (QED) is 0.775. The Kier molecular flexibility index (Phi) is 6.50. The number of carbonyl (C=O) groups excluding carboxylic acids is 1. The predicted molar refractivity (Wildman–Crippen MR) is 83.4 cm³/mol. The van der Waals surface area contributed by atoms with Gasteiger partial charge in [0.2, 0.25) is 0 Å². The molecule has 6 heteroatoms. The maximum atomic E-state index is 13.4. The smallest absolute Gasteiger partial charge is 0.257 e. The number of pyridine rings is 1. The number of rotatable bonds is 8. The second-order valence-corrected chi connectivity index (χ2v) is 5.10. The lowest BCUT2D eigenvalue weighted by Crippen LogP contribution is -2.35. The van der Waals surface area contributed by atoms with Crippen LogP contribution in [0.25, 0.3) is 0 Å². The molecule has 0 aliphatic carbocycles. The Balaban J connectivity index is 1.75. The van der Waals surface area contributed by atoms with E-state index in [1.807, 2.05) is 18.2 Å². The molecule has 0 fully saturated rings. The van der Waals surface area contributed by atoms with E-state index < -0.39 is 5.82 Å². The molecule has 23 heavy (non-hydrogen) atoms. The van der Waals surface area contributed by atoms with Crippen LogP contribution < -0.4 is 10.1 Å². The van der Waals surface area contributed by atoms with Gasteiger partial charge in [0.15, 0.2) is 18.2 Å². The molecular formula is C17H19FN2O3. The summed E-state index contributed by atoms with van der Waals surface area (Å²) < 4.78 is 18.5. The van der Waals surface area contributed by atoms with E-state index in [1.165, 1.54) is 12.1 Å². The molecule has 0 aliphatic rings. The molecule has 2 N–H and O–H groups in total. The molecule has 0 saturated heterocycles. The fourth-order valence-corrected chi connectivity index (χ4v) is 2.03. The van der Waals surface area contributed by atoms with Gasteiger partial charge in [0.1, 0.15) is 0 Å². The molecule has 2 aromatic rings. The van der Waals surface area contributed by atoms with Gasteiger partial charge in [-0.3, -0.25) is 9.78 Å². The minimum Gasteiger partial charge on any atom is -0.481 e. The van der Waals surface area contributed by atoms with Crippen LogP contribution in [0, 0.1) is 11.7 Å². The molecule has 1 heterocycles. The Morgan fingerprint density at radius 2 is 2.04 bits per heavy atom. The fraction of sp³-hybridized carbons (Fsp3) is 0.294. The van der Waals surface area contributed by atoms with Crippen molar-refractivity contribution in [3.05, 3.63) is 60.2 Å². The molecule has 0 spiro atoms. The molecule has 0 aliphatic heterocycles. The summed E-state index contributed by atoms with van der Waals surface area (Å²) in [5.74, 6) is -0.978. The topological polar surface area (TPSA) is 71.5 Å². The minimum atomic E-state index is -0.510. The number of amides is 1. The van der Waals surface area contributed by atoms with E-state index in [9.17, 15) is 14.3 Å². The van der Waals surface area contributed by atoms with Gasteiger partial charge in [-0.2, -0.15) is 0 Å². The number of aliphatic hydroxyl groups is 1. The molecule has 0 radical (unpaired) electrons. The summed E-state index contributed by atoms with van der Waals surface area (Å²) in [7, 11) is 0. The largest absolute Gasteiger partial charge is 0.481 e. The third-order valence-corrected chi connectivity index (χ3v) is 3.27. The number of hydrogen-bond donors (Lipinski definition) is 2. The first-order chi connectivity index (χ1) is 11.2. The Morgan fingerprint density at radius 3 is 2.74 bits per heavy atom. The van der Waals surface area contributed by atoms with Gasteiger partial charge < -0.3 is 15.2 Å². The summed E-state index contributed by atoms with van der Waals surface area (Å²) in [5.41, 5.74) is 0.850. The highest BCUT2D eigenvalue weighted by Gasteiger charge is 2.12. The lowest BCUT2D eigenvalue weighted by molar-refractivity contribution is -0.123. The lowest BCUT2D eigenvalue weighted by Gasteiger charge is -2.15. The molecular weight excluding hydrogens is 299 g/mol. The monoisotopic (exact) mass is 318 g/mol. The van der Waals surface area contributed by atoms with Gasteiger partial charge in [-0.15, -0.1) is 0 Å². The highest BCUT2D eigenvalue weighted by molar-refractivity contribution is 5.77. The summed E-state index contributed by atoms with van der Waals surface area (Å²) in [6, 6.07) is 11.5. The van der Waals surface area contributed by atoms with Crippen molar-refractivity contribution in [2.45, 2.75) is 6.42 Å². The van der Waals surface area contributed by atoms with E-state index in [-0.39, 0.29) is 30.8 Å². The zero-order chi connectivity index (χ0) is 16.5. The number of carbonyl (C=O) groups is 1. The number of para-hydroxylation sites is 1. The molecule has 1 amide bonds. The first kappa shape index (κ1) is 16.9. The molecule has 1 unspecified atom stereocenters. The van der Waals surface area contributed by atoms with Gasteiger partial charge in [0.25, 0.3) is 5.91 Å². The van der Waals surface area contributed by atoms with E-state index in [0.29, 0.717) is 13.0 Å². The van der Waals surface area contributed by atoms with E-state index in [1.54, 1.807) is 18.3 Å². The van der Waals surface area contributed by atoms with Crippen molar-refractivity contribution in [3.63, 3.8) is 0 Å². The summed E-state index contributed by atoms with van der Waals surface area (Å²) in [4.78, 5) is 15.9. The molecule has 1 aromatic carbocycles. The van der Waals surface area contributed by atoms with Crippen molar-refractivity contribution in [1.82, 2.24) is 10.3 Å². The van der Waals surface area contributed by atoms with Crippen molar-refractivity contribution in [1.29, 1.82) is 0 Å². The van der Waals surface area contributed by atoms with E-state index in [2.05, 4.69) is 10.3 Å². The van der Waals surface area contributed by atoms with Crippen LogP contribution >= 0.6 is 0 Å². The average molecular weight is 318 g/mol. The van der Waals surface area contributed by atoms with Gasteiger partial charge >= 0.3 is 0 Å². The predicted octanol–water partition coefficient (Wildman–Crippen LogP) is 1.57. The van der Waals surface area contributed by atoms with E-state index >= 15 is 0 Å². The fourth-order valence-electron chi connectivity index (χ4n) is 2.03. The van der Waals surface area contributed by atoms with Gasteiger partial charge in [0.05, 0.1) is 0 Å². The highest BCUT2D eigenvalue weighted by Crippen LogP contribution is 2.14. The zero-order valence-electron chi connectivity index (χ0n) is 12.6. The molecule has 122 valence electrons. The maximum absolute atomic E-state index is 13.4. The maximum Gasteiger partial charge on any atom is 0.257 e. The number of benzene rings is 1. The summed E-state index contributed by atoms with van der Waals surface area (Å²) in [6.45, 7) is -0.0414. The van der Waals surface area contributed by atoms with E-state index in [0.717, 1.165) is 5.69 Å². The highest BCUT2D eigenvalue weighted by atomic mass is 19.1. The second kappa shape index (κ2) is 8.85. The number of aromatic nitrogens is 1. The first-order valence-corrected chi connectivity index (χ1v) is 7.34. The average Bonchev–Trinajstić information content (AvgIpc) is 2.58. The summed E-state index contributed by atoms with van der Waals surface area (Å²) in [6.07, 6.45) is 2.25. The minimum absolute atomic E-state index is 0.0369. The normalized spacial score (nSPS) is 11.7. The lowest BCUT2D eigenvalue weighted by atomic mass is 10.0. The zero-order valence-corrected chi connectivity index (χ0v) is 12.6. The second-order valence-electron chi connectivity index (χ2n) is 5.10. The molecule has 1 aromatic heterocycles. The Bertz CT molecular complexity index is 622. The van der Waals surface area contributed by atoms with Crippen molar-refractivity contribution in [3.8, 4) is 5.75 Å². The van der Waals surface area contributed by atoms with Gasteiger partial charge in [-0.1, -0.05) is 18.2 Å². The number of halogens is 1. The van der Waals surface area contributed by atoms with Crippen LogP contribution in [0.4, 0.5) is 4.39 Å². The SMILES string of the molecule is O=C(COc1ccccc1F)NCC(CO)Cc1ccccn1. The first-order valence-electron chi connectivity index (χ1n) is 7.34. The summed E-state index contributed by atoms with van der Waals surface area (Å²) in [5, 5.41) is 12.1. The number of hydrogen-bond acceptors (Lipinski definition) is 4. The van der Waals surface area contributed by atoms with Gasteiger partial charge in [0, 0.05) is 31.0 Å². The molecule has 5 nitrogen and oxygen atoms in total. The van der Waals surface area contributed by atoms with Crippen molar-refractivity contribution < 1.29 is 19.0 Å². The number of nitrogens with one attached hydrogen (secondary N) is 1. The van der Waals surface area contributed by atoms with Crippen LogP contribution in [-0.4, -0.2) is 35.8 Å². The number of nitrogens with zero attached hydrogens (tertiary/aromatic N) is 1. The van der Waals surface area contributed by atoms with Crippen LogP contribution in [0.3, 0.4) is 0 Å². The Morgan fingerprint density at radius 1 is 1.26 bits per heavy atom. The van der Waals surface area contributed by atoms with E-state index in [4.69, 9.17) is 4.74 Å². The van der Waals surface area contributed by atoms with Crippen LogP contribution in [0.5, 0.6) is 5.75 Å². The molecule has 2 rings (SSSR count). The van der Waals surface area contributed by atoms with Crippen molar-refractivity contribution in [2.75, 3.05) is 19.8 Å². The van der Waals surface area contributed by atoms with Crippen molar-refractivity contribution >= 4 is 5.91 Å². The number of aliphatic hydroxyl groups excluding tert-OH is 1. The third-order valence-electron chi connectivity index (χ3n) is 3.27. The van der Waals surface area contributed by atoms with Crippen LogP contribution in [-0.2, 0) is 11.2 Å². The Hall–Kier alpha value is -2.47. The Labute approximate surface area is 134 Å². The molecule has 0 saturated carbocycles. The standard InChI is InChI=1S/C17H19FN2O3/c18-15-6-1-2-7-16(15)23-12-17(22)20-10-13(11-21)9-14-5-3-4-8-19-14/h1-8,13,21H,9-12H2,(H,20,22). The third kappa shape index (κ3) is 5.67. The number of ether oxygens (including phenoxy) is 1. The van der Waals surface area contributed by atoms with Gasteiger partial charge in [-0.25, -0.2) is 4.39 Å². The van der Waals surface area contributed by atoms with Crippen molar-refractivity contribution in [2.24, 2.45) is 5.92 Å². The van der Waals surface area contributed by atoms with Gasteiger partial charge in [-0.05, 0) is 30.7 Å².